The highest BCUT2D eigenvalue weighted by molar-refractivity contribution is 7.87. The van der Waals surface area contributed by atoms with Gasteiger partial charge in [0.05, 0.1) is 12.0 Å². The van der Waals surface area contributed by atoms with Gasteiger partial charge in [-0.15, -0.1) is 11.3 Å². The minimum Gasteiger partial charge on any atom is -0.496 e. The average molecular weight is 454 g/mol. The van der Waals surface area contributed by atoms with Crippen molar-refractivity contribution in [1.29, 1.82) is 0 Å². The predicted octanol–water partition coefficient (Wildman–Crippen LogP) is 2.95. The number of guanidine groups is 1. The van der Waals surface area contributed by atoms with E-state index in [1.54, 1.807) is 31.4 Å². The van der Waals surface area contributed by atoms with Crippen LogP contribution in [0, 0.1) is 0 Å². The Morgan fingerprint density at radius 3 is 2.62 bits per heavy atom. The number of methoxy groups -OCH3 is 1. The maximum Gasteiger partial charge on any atom is 0.336 e. The van der Waals surface area contributed by atoms with Gasteiger partial charge in [0.25, 0.3) is 0 Å². The summed E-state index contributed by atoms with van der Waals surface area (Å²) in [5.74, 6) is -1.48. The first kappa shape index (κ1) is 20.9. The Morgan fingerprint density at radius 2 is 1.93 bits per heavy atom. The monoisotopic (exact) mass is 453 g/mol. The number of hydrogen-bond donors (Lipinski definition) is 2. The minimum absolute atomic E-state index is 0.255. The lowest BCUT2D eigenvalue weighted by Crippen LogP contribution is -2.24. The van der Waals surface area contributed by atoms with E-state index in [0.717, 1.165) is 21.2 Å². The Morgan fingerprint density at radius 1 is 1.17 bits per heavy atom. The van der Waals surface area contributed by atoms with Gasteiger partial charge in [-0.05, 0) is 41.1 Å². The minimum atomic E-state index is -4.27. The molecule has 0 saturated carbocycles. The van der Waals surface area contributed by atoms with Crippen molar-refractivity contribution >= 4 is 54.9 Å². The second kappa shape index (κ2) is 8.27. The SMILES string of the molecule is COc1ccc(Cl)cc1-c1cccc2sc(C(=O)CS(=O)(=O)ON=C(N)N)cc12. The number of thiophene rings is 1. The summed E-state index contributed by atoms with van der Waals surface area (Å²) < 4.78 is 34.2. The molecule has 0 bridgehead atoms. The number of hydrogen-bond acceptors (Lipinski definition) is 7. The normalized spacial score (nSPS) is 11.2. The summed E-state index contributed by atoms with van der Waals surface area (Å²) in [4.78, 5) is 12.7. The van der Waals surface area contributed by atoms with E-state index in [1.807, 2.05) is 18.2 Å². The number of carbonyl (C=O) groups is 1. The summed E-state index contributed by atoms with van der Waals surface area (Å²) in [6.07, 6.45) is 0. The predicted molar refractivity (Wildman–Crippen MR) is 114 cm³/mol. The summed E-state index contributed by atoms with van der Waals surface area (Å²) in [6.45, 7) is 0. The standard InChI is InChI=1S/C18H16ClN3O5S2/c1-26-15-6-5-10(19)7-12(15)11-3-2-4-16-13(11)8-17(28-16)14(23)9-29(24,25)27-22-18(20)21/h2-8H,9H2,1H3,(H4,20,21,22). The second-order valence-corrected chi connectivity index (χ2v) is 8.96. The summed E-state index contributed by atoms with van der Waals surface area (Å²) >= 11 is 7.31. The number of rotatable bonds is 7. The molecule has 0 saturated heterocycles. The van der Waals surface area contributed by atoms with Gasteiger partial charge in [-0.3, -0.25) is 9.08 Å². The van der Waals surface area contributed by atoms with E-state index in [0.29, 0.717) is 10.8 Å². The number of benzene rings is 2. The third-order valence-electron chi connectivity index (χ3n) is 3.85. The van der Waals surface area contributed by atoms with E-state index >= 15 is 0 Å². The topological polar surface area (TPSA) is 134 Å². The Bertz CT molecular complexity index is 1220. The van der Waals surface area contributed by atoms with E-state index < -0.39 is 27.6 Å². The fourth-order valence-corrected chi connectivity index (χ4v) is 4.70. The molecule has 3 rings (SSSR count). The number of Topliss-reactive ketones (excluding diaryl/α,β-unsaturated/α-hetero) is 1. The van der Waals surface area contributed by atoms with Crippen LogP contribution in [0.1, 0.15) is 9.67 Å². The molecule has 0 amide bonds. The zero-order valence-electron chi connectivity index (χ0n) is 15.1. The highest BCUT2D eigenvalue weighted by Gasteiger charge is 2.22. The molecule has 1 aromatic heterocycles. The second-order valence-electron chi connectivity index (χ2n) is 5.89. The van der Waals surface area contributed by atoms with Crippen molar-refractivity contribution in [3.63, 3.8) is 0 Å². The summed E-state index contributed by atoms with van der Waals surface area (Å²) in [7, 11) is -2.72. The van der Waals surface area contributed by atoms with E-state index in [4.69, 9.17) is 27.8 Å². The molecule has 0 aliphatic rings. The molecule has 0 fully saturated rings. The van der Waals surface area contributed by atoms with Crippen LogP contribution in [0.4, 0.5) is 0 Å². The van der Waals surface area contributed by atoms with Crippen LogP contribution in [-0.4, -0.2) is 33.0 Å². The molecule has 2 aromatic carbocycles. The molecule has 4 N–H and O–H groups in total. The number of carbonyl (C=O) groups excluding carboxylic acids is 1. The fourth-order valence-electron chi connectivity index (χ4n) is 2.68. The van der Waals surface area contributed by atoms with Crippen LogP contribution < -0.4 is 16.2 Å². The molecule has 152 valence electrons. The number of halogens is 1. The zero-order chi connectivity index (χ0) is 21.2. The number of ether oxygens (including phenoxy) is 1. The molecule has 0 atom stereocenters. The molecule has 8 nitrogen and oxygen atoms in total. The fraction of sp³-hybridized carbons (Fsp3) is 0.111. The number of ketones is 1. The Hall–Kier alpha value is -2.82. The third-order valence-corrected chi connectivity index (χ3v) is 6.15. The van der Waals surface area contributed by atoms with Crippen LogP contribution in [0.25, 0.3) is 21.2 Å². The maximum absolute atomic E-state index is 12.5. The van der Waals surface area contributed by atoms with E-state index in [9.17, 15) is 13.2 Å². The van der Waals surface area contributed by atoms with Crippen LogP contribution in [-0.2, 0) is 14.4 Å². The van der Waals surface area contributed by atoms with Crippen LogP contribution in [0.5, 0.6) is 5.75 Å². The number of fused-ring (bicyclic) bond motifs is 1. The van der Waals surface area contributed by atoms with Crippen molar-refractivity contribution in [1.82, 2.24) is 0 Å². The van der Waals surface area contributed by atoms with E-state index in [2.05, 4.69) is 9.44 Å². The van der Waals surface area contributed by atoms with Gasteiger partial charge < -0.3 is 16.2 Å². The van der Waals surface area contributed by atoms with Gasteiger partial charge in [-0.1, -0.05) is 23.7 Å². The molecule has 0 aliphatic carbocycles. The number of nitrogens with zero attached hydrogens (tertiary/aromatic N) is 1. The molecule has 1 heterocycles. The van der Waals surface area contributed by atoms with Gasteiger partial charge in [-0.25, -0.2) is 0 Å². The van der Waals surface area contributed by atoms with Crippen molar-refractivity contribution < 1.29 is 22.2 Å². The van der Waals surface area contributed by atoms with Crippen molar-refractivity contribution in [2.24, 2.45) is 16.6 Å². The van der Waals surface area contributed by atoms with E-state index in [1.165, 1.54) is 11.3 Å². The van der Waals surface area contributed by atoms with Gasteiger partial charge in [0, 0.05) is 20.7 Å². The first-order chi connectivity index (χ1) is 13.7. The molecule has 0 radical (unpaired) electrons. The van der Waals surface area contributed by atoms with Crippen molar-refractivity contribution in [3.8, 4) is 16.9 Å². The molecular formula is C18H16ClN3O5S2. The van der Waals surface area contributed by atoms with Crippen LogP contribution >= 0.6 is 22.9 Å². The van der Waals surface area contributed by atoms with Crippen LogP contribution in [0.15, 0.2) is 47.6 Å². The number of oxime groups is 1. The van der Waals surface area contributed by atoms with Gasteiger partial charge >= 0.3 is 10.1 Å². The quantitative estimate of drug-likeness (QED) is 0.243. The molecule has 0 spiro atoms. The molecule has 3 aromatic rings. The molecule has 11 heteroatoms. The average Bonchev–Trinajstić information content (AvgIpc) is 3.11. The smallest absolute Gasteiger partial charge is 0.336 e. The van der Waals surface area contributed by atoms with Gasteiger partial charge in [0.1, 0.15) is 5.75 Å². The summed E-state index contributed by atoms with van der Waals surface area (Å²) in [6, 6.07) is 12.4. The largest absolute Gasteiger partial charge is 0.496 e. The van der Waals surface area contributed by atoms with Crippen LogP contribution in [0.2, 0.25) is 5.02 Å². The highest BCUT2D eigenvalue weighted by atomic mass is 35.5. The van der Waals surface area contributed by atoms with Gasteiger partial charge in [0.15, 0.2) is 11.5 Å². The maximum atomic E-state index is 12.5. The highest BCUT2D eigenvalue weighted by Crippen LogP contribution is 2.39. The third kappa shape index (κ3) is 4.78. The van der Waals surface area contributed by atoms with Crippen molar-refractivity contribution in [2.75, 3.05) is 12.9 Å². The lowest BCUT2D eigenvalue weighted by Gasteiger charge is -2.10. The summed E-state index contributed by atoms with van der Waals surface area (Å²) in [5.41, 5.74) is 11.6. The lowest BCUT2D eigenvalue weighted by molar-refractivity contribution is 0.102. The van der Waals surface area contributed by atoms with E-state index in [-0.39, 0.29) is 4.88 Å². The first-order valence-corrected chi connectivity index (χ1v) is 10.9. The number of nitrogens with two attached hydrogens (primary N) is 2. The Labute approximate surface area is 175 Å². The Kier molecular flexibility index (Phi) is 5.96. The first-order valence-electron chi connectivity index (χ1n) is 8.10. The van der Waals surface area contributed by atoms with Crippen LogP contribution in [0.3, 0.4) is 0 Å². The molecule has 0 aliphatic heterocycles. The summed E-state index contributed by atoms with van der Waals surface area (Å²) in [5, 5.41) is 4.28. The Balaban J connectivity index is 2.00. The van der Waals surface area contributed by atoms with Gasteiger partial charge in [-0.2, -0.15) is 8.42 Å². The molecule has 0 unspecified atom stereocenters. The van der Waals surface area contributed by atoms with Crippen molar-refractivity contribution in [3.05, 3.63) is 52.4 Å². The molecule has 29 heavy (non-hydrogen) atoms. The molecular weight excluding hydrogens is 438 g/mol. The lowest BCUT2D eigenvalue weighted by atomic mass is 10.0. The van der Waals surface area contributed by atoms with Gasteiger partial charge in [0.2, 0.25) is 5.96 Å². The zero-order valence-corrected chi connectivity index (χ0v) is 17.5. The van der Waals surface area contributed by atoms with Crippen molar-refractivity contribution in [2.45, 2.75) is 0 Å².